The van der Waals surface area contributed by atoms with Gasteiger partial charge in [-0.25, -0.2) is 12.8 Å². The van der Waals surface area contributed by atoms with E-state index in [0.29, 0.717) is 17.1 Å². The van der Waals surface area contributed by atoms with E-state index in [9.17, 15) is 22.4 Å². The zero-order valence-electron chi connectivity index (χ0n) is 25.3. The first-order valence-corrected chi connectivity index (χ1v) is 16.6. The molecule has 4 aromatic carbocycles. The molecule has 1 atom stereocenters. The highest BCUT2D eigenvalue weighted by Crippen LogP contribution is 2.26. The van der Waals surface area contributed by atoms with Gasteiger partial charge in [0.25, 0.3) is 10.0 Å². The monoisotopic (exact) mass is 649 g/mol. The molecule has 0 unspecified atom stereocenters. The van der Waals surface area contributed by atoms with Crippen LogP contribution in [0.15, 0.2) is 108 Å². The second kappa shape index (κ2) is 15.7. The molecule has 0 aromatic heterocycles. The van der Waals surface area contributed by atoms with Gasteiger partial charge in [0.15, 0.2) is 0 Å². The Morgan fingerprint density at radius 1 is 0.867 bits per heavy atom. The molecule has 10 heteroatoms. The first-order valence-electron chi connectivity index (χ1n) is 14.8. The highest BCUT2D eigenvalue weighted by Gasteiger charge is 2.34. The third-order valence-corrected chi connectivity index (χ3v) is 9.41. The number of hydrogen-bond donors (Lipinski definition) is 1. The smallest absolute Gasteiger partial charge is 0.264 e. The third-order valence-electron chi connectivity index (χ3n) is 7.37. The third kappa shape index (κ3) is 9.15. The highest BCUT2D eigenvalue weighted by molar-refractivity contribution is 7.92. The van der Waals surface area contributed by atoms with E-state index in [-0.39, 0.29) is 29.5 Å². The number of carbonyl (C=O) groups is 2. The van der Waals surface area contributed by atoms with Gasteiger partial charge < -0.3 is 10.2 Å². The van der Waals surface area contributed by atoms with Crippen molar-refractivity contribution in [1.29, 1.82) is 0 Å². The van der Waals surface area contributed by atoms with Gasteiger partial charge in [0.1, 0.15) is 18.4 Å². The molecule has 45 heavy (non-hydrogen) atoms. The Labute approximate surface area is 269 Å². The first kappa shape index (κ1) is 33.7. The lowest BCUT2D eigenvalue weighted by Gasteiger charge is -2.34. The number of nitrogens with zero attached hydrogens (tertiary/aromatic N) is 2. The van der Waals surface area contributed by atoms with Gasteiger partial charge in [-0.3, -0.25) is 13.9 Å². The molecule has 2 amide bonds. The number of unbranched alkanes of at least 4 members (excludes halogenated alkanes) is 1. The molecule has 0 fully saturated rings. The zero-order valence-corrected chi connectivity index (χ0v) is 26.9. The Morgan fingerprint density at radius 3 is 2.13 bits per heavy atom. The van der Waals surface area contributed by atoms with Gasteiger partial charge in [0.05, 0.1) is 10.6 Å². The van der Waals surface area contributed by atoms with E-state index < -0.39 is 34.3 Å². The van der Waals surface area contributed by atoms with Gasteiger partial charge in [-0.15, -0.1) is 0 Å². The molecule has 0 aliphatic rings. The summed E-state index contributed by atoms with van der Waals surface area (Å²) in [5.41, 5.74) is 2.53. The highest BCUT2D eigenvalue weighted by atomic mass is 35.5. The van der Waals surface area contributed by atoms with Crippen molar-refractivity contribution >= 4 is 39.1 Å². The Kier molecular flexibility index (Phi) is 11.7. The number of rotatable bonds is 14. The van der Waals surface area contributed by atoms with Crippen LogP contribution in [0.1, 0.15) is 36.5 Å². The van der Waals surface area contributed by atoms with Crippen molar-refractivity contribution < 1.29 is 22.4 Å². The van der Waals surface area contributed by atoms with Crippen molar-refractivity contribution in [2.24, 2.45) is 0 Å². The summed E-state index contributed by atoms with van der Waals surface area (Å²) in [6.45, 7) is 3.65. The quantitative estimate of drug-likeness (QED) is 0.157. The number of carbonyl (C=O) groups excluding carboxylic acids is 2. The number of nitrogens with one attached hydrogen (secondary N) is 1. The maximum Gasteiger partial charge on any atom is 0.264 e. The summed E-state index contributed by atoms with van der Waals surface area (Å²) in [6, 6.07) is 26.5. The summed E-state index contributed by atoms with van der Waals surface area (Å²) in [5, 5.41) is 3.35. The van der Waals surface area contributed by atoms with Gasteiger partial charge >= 0.3 is 0 Å². The number of hydrogen-bond acceptors (Lipinski definition) is 4. The lowest BCUT2D eigenvalue weighted by molar-refractivity contribution is -0.140. The number of benzene rings is 4. The van der Waals surface area contributed by atoms with Crippen LogP contribution in [0.5, 0.6) is 0 Å². The largest absolute Gasteiger partial charge is 0.354 e. The minimum atomic E-state index is -4.22. The summed E-state index contributed by atoms with van der Waals surface area (Å²) in [5.74, 6) is -1.40. The molecular weight excluding hydrogens is 613 g/mol. The summed E-state index contributed by atoms with van der Waals surface area (Å²) in [7, 11) is -4.22. The van der Waals surface area contributed by atoms with Gasteiger partial charge in [-0.2, -0.15) is 0 Å². The van der Waals surface area contributed by atoms with E-state index >= 15 is 0 Å². The number of anilines is 1. The number of halogens is 2. The number of sulfonamides is 1. The molecular formula is C35H37ClFN3O4S. The van der Waals surface area contributed by atoms with Crippen molar-refractivity contribution in [3.8, 4) is 0 Å². The van der Waals surface area contributed by atoms with Crippen molar-refractivity contribution in [2.75, 3.05) is 17.4 Å². The second-order valence-electron chi connectivity index (χ2n) is 10.8. The summed E-state index contributed by atoms with van der Waals surface area (Å²) in [6.07, 6.45) is 1.82. The minimum Gasteiger partial charge on any atom is -0.354 e. The minimum absolute atomic E-state index is 0.0130. The summed E-state index contributed by atoms with van der Waals surface area (Å²) in [4.78, 5) is 29.5. The Balaban J connectivity index is 1.78. The maximum absolute atomic E-state index is 14.4. The maximum atomic E-state index is 14.4. The molecule has 4 rings (SSSR count). The molecule has 0 radical (unpaired) electrons. The predicted molar refractivity (Wildman–Crippen MR) is 176 cm³/mol. The Morgan fingerprint density at radius 2 is 1.51 bits per heavy atom. The Bertz CT molecular complexity index is 1670. The molecule has 0 saturated carbocycles. The van der Waals surface area contributed by atoms with Crippen molar-refractivity contribution in [3.63, 3.8) is 0 Å². The van der Waals surface area contributed by atoms with Gasteiger partial charge in [0, 0.05) is 24.5 Å². The molecule has 0 aliphatic heterocycles. The zero-order chi connectivity index (χ0) is 32.4. The van der Waals surface area contributed by atoms with E-state index in [1.165, 1.54) is 41.3 Å². The molecule has 7 nitrogen and oxygen atoms in total. The van der Waals surface area contributed by atoms with E-state index in [4.69, 9.17) is 11.6 Å². The van der Waals surface area contributed by atoms with Crippen molar-refractivity contribution in [2.45, 2.75) is 50.6 Å². The fraction of sp³-hybridized carbons (Fsp3) is 0.257. The first-order chi connectivity index (χ1) is 21.6. The van der Waals surface area contributed by atoms with Crippen LogP contribution in [0.4, 0.5) is 10.1 Å². The Hall–Kier alpha value is -4.21. The van der Waals surface area contributed by atoms with Crippen LogP contribution >= 0.6 is 11.6 Å². The van der Waals surface area contributed by atoms with Crippen LogP contribution in [0.2, 0.25) is 5.02 Å². The average molecular weight is 650 g/mol. The lowest BCUT2D eigenvalue weighted by atomic mass is 10.0. The molecule has 0 bridgehead atoms. The molecule has 4 aromatic rings. The SMILES string of the molecule is CCCCNC(=O)[C@H](Cc1ccccc1)N(Cc1ccc(F)cc1)C(=O)CN(c1ccc(Cl)cc1)S(=O)(=O)c1ccc(C)cc1. The number of amides is 2. The molecule has 0 spiro atoms. The van der Waals surface area contributed by atoms with Crippen molar-refractivity contribution in [3.05, 3.63) is 131 Å². The normalized spacial score (nSPS) is 11.9. The summed E-state index contributed by atoms with van der Waals surface area (Å²) >= 11 is 6.11. The fourth-order valence-electron chi connectivity index (χ4n) is 4.82. The topological polar surface area (TPSA) is 86.8 Å². The van der Waals surface area contributed by atoms with E-state index in [2.05, 4.69) is 5.32 Å². The van der Waals surface area contributed by atoms with E-state index in [0.717, 1.165) is 28.3 Å². The second-order valence-corrected chi connectivity index (χ2v) is 13.1. The van der Waals surface area contributed by atoms with Crippen molar-refractivity contribution in [1.82, 2.24) is 10.2 Å². The van der Waals surface area contributed by atoms with Gasteiger partial charge in [0.2, 0.25) is 11.8 Å². The number of aryl methyl sites for hydroxylation is 1. The van der Waals surface area contributed by atoms with Crippen LogP contribution in [0, 0.1) is 12.7 Å². The predicted octanol–water partition coefficient (Wildman–Crippen LogP) is 6.54. The standard InChI is InChI=1S/C35H37ClFN3O4S/c1-3-4-22-38-35(42)33(23-27-8-6-5-7-9-27)39(24-28-12-16-30(37)17-13-28)34(41)25-40(31-18-14-29(36)15-19-31)45(43,44)32-20-10-26(2)11-21-32/h5-21,33H,3-4,22-25H2,1-2H3,(H,38,42)/t33-/m0/s1. The molecule has 236 valence electrons. The molecule has 1 N–H and O–H groups in total. The fourth-order valence-corrected chi connectivity index (χ4v) is 6.36. The molecule has 0 heterocycles. The van der Waals surface area contributed by atoms with Crippen LogP contribution in [0.25, 0.3) is 0 Å². The van der Waals surface area contributed by atoms with Crippen LogP contribution < -0.4 is 9.62 Å². The molecule has 0 aliphatic carbocycles. The van der Waals surface area contributed by atoms with Gasteiger partial charge in [-0.05, 0) is 73.0 Å². The summed E-state index contributed by atoms with van der Waals surface area (Å²) < 4.78 is 42.9. The van der Waals surface area contributed by atoms with E-state index in [1.807, 2.05) is 44.2 Å². The molecule has 0 saturated heterocycles. The van der Waals surface area contributed by atoms with Crippen LogP contribution in [-0.2, 0) is 32.6 Å². The van der Waals surface area contributed by atoms with Crippen LogP contribution in [-0.4, -0.2) is 44.3 Å². The van der Waals surface area contributed by atoms with Gasteiger partial charge in [-0.1, -0.05) is 85.1 Å². The lowest BCUT2D eigenvalue weighted by Crippen LogP contribution is -2.53. The average Bonchev–Trinajstić information content (AvgIpc) is 3.03. The van der Waals surface area contributed by atoms with Crippen LogP contribution in [0.3, 0.4) is 0 Å². The van der Waals surface area contributed by atoms with E-state index in [1.54, 1.807) is 36.4 Å².